The van der Waals surface area contributed by atoms with Crippen LogP contribution in [0.15, 0.2) is 30.3 Å². The lowest BCUT2D eigenvalue weighted by atomic mass is 10.1. The van der Waals surface area contributed by atoms with Crippen LogP contribution < -0.4 is 0 Å². The molecule has 0 fully saturated rings. The van der Waals surface area contributed by atoms with Crippen LogP contribution in [0, 0.1) is 5.92 Å². The summed E-state index contributed by atoms with van der Waals surface area (Å²) in [7, 11) is 0. The summed E-state index contributed by atoms with van der Waals surface area (Å²) in [6.07, 6.45) is 0. The molecule has 0 spiro atoms. The summed E-state index contributed by atoms with van der Waals surface area (Å²) < 4.78 is 0. The predicted octanol–water partition coefficient (Wildman–Crippen LogP) is 1.62. The number of aliphatic carboxylic acids is 1. The van der Waals surface area contributed by atoms with Gasteiger partial charge in [-0.1, -0.05) is 44.2 Å². The number of aromatic nitrogens is 4. The normalized spacial score (nSPS) is 12.6. The number of nitrogens with zero attached hydrogens (tertiary/aromatic N) is 4. The van der Waals surface area contributed by atoms with Gasteiger partial charge in [-0.3, -0.25) is 0 Å². The van der Waals surface area contributed by atoms with E-state index >= 15 is 0 Å². The molecule has 6 nitrogen and oxygen atoms in total. The van der Waals surface area contributed by atoms with E-state index in [0.29, 0.717) is 5.82 Å². The van der Waals surface area contributed by atoms with Crippen molar-refractivity contribution in [2.24, 2.45) is 5.92 Å². The molecule has 0 saturated heterocycles. The molecule has 0 bridgehead atoms. The van der Waals surface area contributed by atoms with Gasteiger partial charge in [-0.2, -0.15) is 0 Å². The maximum Gasteiger partial charge on any atom is 0.330 e. The SMILES string of the molecule is CC(C)[C@@H](C(=O)O)n1nnc(-c2ccccc2)n1. The van der Waals surface area contributed by atoms with E-state index in [1.54, 1.807) is 0 Å². The van der Waals surface area contributed by atoms with Gasteiger partial charge in [-0.25, -0.2) is 4.79 Å². The topological polar surface area (TPSA) is 80.9 Å². The Hall–Kier alpha value is -2.24. The van der Waals surface area contributed by atoms with Crippen LogP contribution in [0.5, 0.6) is 0 Å². The summed E-state index contributed by atoms with van der Waals surface area (Å²) in [5.41, 5.74) is 0.816. The van der Waals surface area contributed by atoms with Gasteiger partial charge in [0.05, 0.1) is 0 Å². The van der Waals surface area contributed by atoms with Crippen LogP contribution >= 0.6 is 0 Å². The van der Waals surface area contributed by atoms with Crippen molar-refractivity contribution in [2.45, 2.75) is 19.9 Å². The van der Waals surface area contributed by atoms with E-state index in [2.05, 4.69) is 15.4 Å². The molecule has 0 unspecified atom stereocenters. The van der Waals surface area contributed by atoms with Gasteiger partial charge in [0.2, 0.25) is 5.82 Å². The third-order valence-corrected chi connectivity index (χ3v) is 2.59. The first-order valence-corrected chi connectivity index (χ1v) is 5.67. The quantitative estimate of drug-likeness (QED) is 0.886. The van der Waals surface area contributed by atoms with Crippen LogP contribution in [0.3, 0.4) is 0 Å². The highest BCUT2D eigenvalue weighted by Gasteiger charge is 2.26. The third-order valence-electron chi connectivity index (χ3n) is 2.59. The number of carbonyl (C=O) groups is 1. The van der Waals surface area contributed by atoms with Crippen molar-refractivity contribution < 1.29 is 9.90 Å². The van der Waals surface area contributed by atoms with Crippen LogP contribution in [0.1, 0.15) is 19.9 Å². The summed E-state index contributed by atoms with van der Waals surface area (Å²) in [4.78, 5) is 12.3. The van der Waals surface area contributed by atoms with Crippen LogP contribution in [0.25, 0.3) is 11.4 Å². The molecule has 1 atom stereocenters. The van der Waals surface area contributed by atoms with E-state index in [1.807, 2.05) is 44.2 Å². The average molecular weight is 246 g/mol. The van der Waals surface area contributed by atoms with Crippen molar-refractivity contribution in [1.82, 2.24) is 20.2 Å². The molecule has 1 heterocycles. The minimum Gasteiger partial charge on any atom is -0.480 e. The van der Waals surface area contributed by atoms with Crippen LogP contribution in [0.4, 0.5) is 0 Å². The highest BCUT2D eigenvalue weighted by molar-refractivity contribution is 5.71. The Kier molecular flexibility index (Phi) is 3.36. The highest BCUT2D eigenvalue weighted by Crippen LogP contribution is 2.18. The maximum atomic E-state index is 11.2. The standard InChI is InChI=1S/C12H14N4O2/c1-8(2)10(12(17)18)16-14-11(13-15-16)9-6-4-3-5-7-9/h3-8,10H,1-2H3,(H,17,18)/t10-/m0/s1. The molecule has 18 heavy (non-hydrogen) atoms. The molecule has 2 aromatic rings. The largest absolute Gasteiger partial charge is 0.480 e. The third kappa shape index (κ3) is 2.37. The Labute approximate surface area is 104 Å². The van der Waals surface area contributed by atoms with Gasteiger partial charge in [0.25, 0.3) is 0 Å². The molecule has 2 rings (SSSR count). The van der Waals surface area contributed by atoms with Gasteiger partial charge < -0.3 is 5.11 Å². The van der Waals surface area contributed by atoms with Gasteiger partial charge in [-0.05, 0) is 11.1 Å². The molecule has 1 aromatic carbocycles. The second-order valence-electron chi connectivity index (χ2n) is 4.33. The Morgan fingerprint density at radius 2 is 1.94 bits per heavy atom. The average Bonchev–Trinajstić information content (AvgIpc) is 2.78. The second-order valence-corrected chi connectivity index (χ2v) is 4.33. The molecule has 0 aliphatic carbocycles. The van der Waals surface area contributed by atoms with Crippen molar-refractivity contribution in [3.8, 4) is 11.4 Å². The predicted molar refractivity (Wildman–Crippen MR) is 64.8 cm³/mol. The van der Waals surface area contributed by atoms with Crippen molar-refractivity contribution in [1.29, 1.82) is 0 Å². The maximum absolute atomic E-state index is 11.2. The number of hydrogen-bond acceptors (Lipinski definition) is 4. The highest BCUT2D eigenvalue weighted by atomic mass is 16.4. The molecule has 94 valence electrons. The smallest absolute Gasteiger partial charge is 0.330 e. The summed E-state index contributed by atoms with van der Waals surface area (Å²) in [6, 6.07) is 8.54. The van der Waals surface area contributed by atoms with E-state index in [4.69, 9.17) is 5.11 Å². The van der Waals surface area contributed by atoms with Gasteiger partial charge in [-0.15, -0.1) is 15.0 Å². The van der Waals surface area contributed by atoms with Crippen molar-refractivity contribution in [2.75, 3.05) is 0 Å². The number of rotatable bonds is 4. The van der Waals surface area contributed by atoms with E-state index in [-0.39, 0.29) is 5.92 Å². The fraction of sp³-hybridized carbons (Fsp3) is 0.333. The second kappa shape index (κ2) is 4.95. The Bertz CT molecular complexity index is 536. The molecule has 0 amide bonds. The number of tetrazole rings is 1. The monoisotopic (exact) mass is 246 g/mol. The zero-order chi connectivity index (χ0) is 13.1. The van der Waals surface area contributed by atoms with Gasteiger partial charge in [0, 0.05) is 5.56 Å². The summed E-state index contributed by atoms with van der Waals surface area (Å²) in [5.74, 6) is -0.634. The minimum atomic E-state index is -0.956. The summed E-state index contributed by atoms with van der Waals surface area (Å²) >= 11 is 0. The van der Waals surface area contributed by atoms with E-state index in [1.165, 1.54) is 0 Å². The lowest BCUT2D eigenvalue weighted by Gasteiger charge is -2.13. The summed E-state index contributed by atoms with van der Waals surface area (Å²) in [5, 5.41) is 21.0. The number of carboxylic acids is 1. The Morgan fingerprint density at radius 1 is 1.28 bits per heavy atom. The molecule has 1 N–H and O–H groups in total. The number of benzene rings is 1. The zero-order valence-electron chi connectivity index (χ0n) is 10.2. The molecule has 1 aromatic heterocycles. The molecule has 0 aliphatic heterocycles. The van der Waals surface area contributed by atoms with Gasteiger partial charge >= 0.3 is 5.97 Å². The molecule has 6 heteroatoms. The van der Waals surface area contributed by atoms with Crippen LogP contribution in [-0.2, 0) is 4.79 Å². The van der Waals surface area contributed by atoms with Crippen molar-refractivity contribution in [3.05, 3.63) is 30.3 Å². The number of carboxylic acid groups (broad SMARTS) is 1. The lowest BCUT2D eigenvalue weighted by Crippen LogP contribution is -2.26. The van der Waals surface area contributed by atoms with E-state index in [0.717, 1.165) is 10.4 Å². The fourth-order valence-electron chi connectivity index (χ4n) is 1.70. The molecule has 0 radical (unpaired) electrons. The van der Waals surface area contributed by atoms with E-state index < -0.39 is 12.0 Å². The molecule has 0 saturated carbocycles. The summed E-state index contributed by atoms with van der Waals surface area (Å²) in [6.45, 7) is 3.62. The Morgan fingerprint density at radius 3 is 2.50 bits per heavy atom. The van der Waals surface area contributed by atoms with E-state index in [9.17, 15) is 4.79 Å². The van der Waals surface area contributed by atoms with Gasteiger partial charge in [0.1, 0.15) is 0 Å². The zero-order valence-corrected chi connectivity index (χ0v) is 10.2. The molecular weight excluding hydrogens is 232 g/mol. The van der Waals surface area contributed by atoms with Crippen molar-refractivity contribution in [3.63, 3.8) is 0 Å². The first kappa shape index (κ1) is 12.2. The molecule has 0 aliphatic rings. The minimum absolute atomic E-state index is 0.111. The van der Waals surface area contributed by atoms with Gasteiger partial charge in [0.15, 0.2) is 6.04 Å². The lowest BCUT2D eigenvalue weighted by molar-refractivity contribution is -0.143. The Balaban J connectivity index is 2.33. The first-order valence-electron chi connectivity index (χ1n) is 5.67. The van der Waals surface area contributed by atoms with Crippen molar-refractivity contribution >= 4 is 5.97 Å². The van der Waals surface area contributed by atoms with Crippen LogP contribution in [-0.4, -0.2) is 31.3 Å². The number of hydrogen-bond donors (Lipinski definition) is 1. The first-order chi connectivity index (χ1) is 8.59. The fourth-order valence-corrected chi connectivity index (χ4v) is 1.70. The van der Waals surface area contributed by atoms with Crippen LogP contribution in [0.2, 0.25) is 0 Å². The molecular formula is C12H14N4O2.